The summed E-state index contributed by atoms with van der Waals surface area (Å²) >= 11 is 0. The van der Waals surface area contributed by atoms with Crippen LogP contribution in [0, 0.1) is 54.9 Å². The minimum Gasteiger partial charge on any atom is -0.468 e. The normalized spacial score (nSPS) is 24.2. The number of esters is 1. The fourth-order valence-electron chi connectivity index (χ4n) is 2.73. The minimum atomic E-state index is -1.93. The van der Waals surface area contributed by atoms with Crippen LogP contribution in [-0.2, 0) is 9.53 Å². The Hall–Kier alpha value is -3.44. The van der Waals surface area contributed by atoms with Gasteiger partial charge in [0, 0.05) is 12.1 Å². The Morgan fingerprint density at radius 2 is 1.77 bits per heavy atom. The molecule has 0 heterocycles. The molecule has 1 aromatic rings. The van der Waals surface area contributed by atoms with E-state index >= 15 is 0 Å². The van der Waals surface area contributed by atoms with Gasteiger partial charge in [-0.1, -0.05) is 12.1 Å². The molecule has 0 radical (unpaired) electrons. The largest absolute Gasteiger partial charge is 0.468 e. The summed E-state index contributed by atoms with van der Waals surface area (Å²) in [7, 11) is 1.06. The molecule has 0 saturated heterocycles. The average molecular weight is 296 g/mol. The molecular weight excluding hydrogens is 288 g/mol. The molecule has 1 aromatic carbocycles. The molecule has 0 bridgehead atoms. The second kappa shape index (κ2) is 4.83. The maximum atomic E-state index is 12.0. The van der Waals surface area contributed by atoms with E-state index in [2.05, 4.69) is 4.74 Å². The van der Waals surface area contributed by atoms with Gasteiger partial charge in [-0.3, -0.25) is 14.9 Å². The van der Waals surface area contributed by atoms with Crippen LogP contribution in [0.3, 0.4) is 0 Å². The quantitative estimate of drug-likeness (QED) is 0.466. The van der Waals surface area contributed by atoms with Gasteiger partial charge < -0.3 is 4.74 Å². The van der Waals surface area contributed by atoms with Crippen LogP contribution in [0.4, 0.5) is 5.69 Å². The standard InChI is InChI=1S/C14H8N4O4/c1-22-12(19)14(8-17)11(13(14,6-15)7-16)9-2-4-10(5-3-9)18(20)21/h2-5,11H,1H3/t11-,14-/m1/s1. The van der Waals surface area contributed by atoms with Crippen molar-refractivity contribution in [3.63, 3.8) is 0 Å². The van der Waals surface area contributed by atoms with E-state index in [9.17, 15) is 30.7 Å². The lowest BCUT2D eigenvalue weighted by Gasteiger charge is -2.05. The molecule has 1 aliphatic rings. The highest BCUT2D eigenvalue weighted by molar-refractivity contribution is 5.91. The Morgan fingerprint density at radius 3 is 2.14 bits per heavy atom. The summed E-state index contributed by atoms with van der Waals surface area (Å²) in [4.78, 5) is 22.0. The summed E-state index contributed by atoms with van der Waals surface area (Å²) in [5.74, 6) is -1.99. The van der Waals surface area contributed by atoms with Gasteiger partial charge in [0.05, 0.1) is 36.2 Å². The minimum absolute atomic E-state index is 0.176. The molecule has 0 aliphatic heterocycles. The molecule has 0 unspecified atom stereocenters. The number of non-ortho nitro benzene ring substituents is 1. The third kappa shape index (κ3) is 1.57. The van der Waals surface area contributed by atoms with E-state index in [1.54, 1.807) is 18.2 Å². The Kier molecular flexibility index (Phi) is 3.29. The average Bonchev–Trinajstić information content (AvgIpc) is 3.17. The number of hydrogen-bond donors (Lipinski definition) is 0. The molecule has 0 spiro atoms. The lowest BCUT2D eigenvalue weighted by atomic mass is 9.97. The van der Waals surface area contributed by atoms with Gasteiger partial charge in [-0.25, -0.2) is 0 Å². The van der Waals surface area contributed by atoms with Crippen LogP contribution < -0.4 is 0 Å². The lowest BCUT2D eigenvalue weighted by Crippen LogP contribution is -2.22. The molecule has 22 heavy (non-hydrogen) atoms. The van der Waals surface area contributed by atoms with Gasteiger partial charge in [-0.15, -0.1) is 0 Å². The van der Waals surface area contributed by atoms with Crippen molar-refractivity contribution in [2.45, 2.75) is 5.92 Å². The predicted octanol–water partition coefficient (Wildman–Crippen LogP) is 1.41. The van der Waals surface area contributed by atoms with E-state index in [4.69, 9.17) is 0 Å². The number of hydrogen-bond acceptors (Lipinski definition) is 7. The van der Waals surface area contributed by atoms with Crippen molar-refractivity contribution in [2.75, 3.05) is 7.11 Å². The first-order valence-electron chi connectivity index (χ1n) is 6.01. The van der Waals surface area contributed by atoms with Crippen molar-refractivity contribution in [3.8, 4) is 18.2 Å². The molecular formula is C14H8N4O4. The maximum absolute atomic E-state index is 12.0. The third-order valence-electron chi connectivity index (χ3n) is 3.88. The van der Waals surface area contributed by atoms with Gasteiger partial charge in [-0.2, -0.15) is 15.8 Å². The Morgan fingerprint density at radius 1 is 1.23 bits per heavy atom. The summed E-state index contributed by atoms with van der Waals surface area (Å²) in [6.45, 7) is 0. The smallest absolute Gasteiger partial charge is 0.329 e. The van der Waals surface area contributed by atoms with Crippen LogP contribution in [-0.4, -0.2) is 18.0 Å². The zero-order valence-electron chi connectivity index (χ0n) is 11.3. The number of nitro groups is 1. The second-order valence-electron chi connectivity index (χ2n) is 4.72. The van der Waals surface area contributed by atoms with Crippen molar-refractivity contribution in [3.05, 3.63) is 39.9 Å². The molecule has 0 aromatic heterocycles. The van der Waals surface area contributed by atoms with Crippen molar-refractivity contribution < 1.29 is 14.5 Å². The monoisotopic (exact) mass is 296 g/mol. The number of carbonyl (C=O) groups is 1. The van der Waals surface area contributed by atoms with Crippen LogP contribution in [0.1, 0.15) is 11.5 Å². The molecule has 1 saturated carbocycles. The van der Waals surface area contributed by atoms with E-state index in [-0.39, 0.29) is 5.69 Å². The summed E-state index contributed by atoms with van der Waals surface area (Å²) in [5, 5.41) is 38.6. The number of carbonyl (C=O) groups excluding carboxylic acids is 1. The fourth-order valence-corrected chi connectivity index (χ4v) is 2.73. The molecule has 0 amide bonds. The molecule has 1 aliphatic carbocycles. The highest BCUT2D eigenvalue weighted by Crippen LogP contribution is 2.74. The van der Waals surface area contributed by atoms with E-state index in [1.807, 2.05) is 0 Å². The second-order valence-corrected chi connectivity index (χ2v) is 4.72. The summed E-state index contributed by atoms with van der Waals surface area (Å²) in [6, 6.07) is 10.2. The van der Waals surface area contributed by atoms with Gasteiger partial charge in [0.1, 0.15) is 0 Å². The number of benzene rings is 1. The number of nitriles is 3. The van der Waals surface area contributed by atoms with Gasteiger partial charge in [-0.05, 0) is 5.56 Å². The fraction of sp³-hybridized carbons (Fsp3) is 0.286. The Balaban J connectivity index is 2.57. The van der Waals surface area contributed by atoms with Crippen LogP contribution in [0.25, 0.3) is 0 Å². The van der Waals surface area contributed by atoms with Crippen molar-refractivity contribution in [2.24, 2.45) is 10.8 Å². The van der Waals surface area contributed by atoms with E-state index in [1.165, 1.54) is 24.3 Å². The topological polar surface area (TPSA) is 141 Å². The summed E-state index contributed by atoms with van der Waals surface area (Å²) in [6.07, 6.45) is 0. The Labute approximate surface area is 124 Å². The van der Waals surface area contributed by atoms with Gasteiger partial charge in [0.2, 0.25) is 0 Å². The molecule has 108 valence electrons. The predicted molar refractivity (Wildman–Crippen MR) is 69.6 cm³/mol. The molecule has 8 nitrogen and oxygen atoms in total. The Bertz CT molecular complexity index is 767. The first-order chi connectivity index (χ1) is 10.4. The summed E-state index contributed by atoms with van der Waals surface area (Å²) in [5.41, 5.74) is -3.66. The van der Waals surface area contributed by atoms with Crippen molar-refractivity contribution in [1.29, 1.82) is 15.8 Å². The molecule has 0 N–H and O–H groups in total. The molecule has 1 fully saturated rings. The number of rotatable bonds is 3. The number of nitrogens with zero attached hydrogens (tertiary/aromatic N) is 4. The van der Waals surface area contributed by atoms with Crippen molar-refractivity contribution >= 4 is 11.7 Å². The number of ether oxygens (including phenoxy) is 1. The van der Waals surface area contributed by atoms with E-state index < -0.39 is 27.6 Å². The number of methoxy groups -OCH3 is 1. The SMILES string of the molecule is COC(=O)[C@@]1(C#N)[C@H](c2ccc([N+](=O)[O-])cc2)C1(C#N)C#N. The van der Waals surface area contributed by atoms with Crippen LogP contribution in [0.2, 0.25) is 0 Å². The highest BCUT2D eigenvalue weighted by Gasteiger charge is 2.85. The zero-order chi connectivity index (χ0) is 16.5. The van der Waals surface area contributed by atoms with Gasteiger partial charge in [0.25, 0.3) is 5.69 Å². The number of nitro benzene ring substituents is 1. The summed E-state index contributed by atoms with van der Waals surface area (Å²) < 4.78 is 4.57. The first kappa shape index (κ1) is 15.0. The zero-order valence-corrected chi connectivity index (χ0v) is 11.3. The van der Waals surface area contributed by atoms with Crippen LogP contribution >= 0.6 is 0 Å². The van der Waals surface area contributed by atoms with Gasteiger partial charge >= 0.3 is 5.97 Å². The van der Waals surface area contributed by atoms with Gasteiger partial charge in [0.15, 0.2) is 10.8 Å². The van der Waals surface area contributed by atoms with Crippen molar-refractivity contribution in [1.82, 2.24) is 0 Å². The molecule has 2 rings (SSSR count). The van der Waals surface area contributed by atoms with E-state index in [0.29, 0.717) is 5.56 Å². The maximum Gasteiger partial charge on any atom is 0.329 e. The third-order valence-corrected chi connectivity index (χ3v) is 3.88. The lowest BCUT2D eigenvalue weighted by molar-refractivity contribution is -0.384. The highest BCUT2D eigenvalue weighted by atomic mass is 16.6. The van der Waals surface area contributed by atoms with Crippen LogP contribution in [0.5, 0.6) is 0 Å². The molecule has 8 heteroatoms. The first-order valence-corrected chi connectivity index (χ1v) is 6.01. The van der Waals surface area contributed by atoms with E-state index in [0.717, 1.165) is 7.11 Å². The van der Waals surface area contributed by atoms with Crippen LogP contribution in [0.15, 0.2) is 24.3 Å². The molecule has 2 atom stereocenters.